The average molecular weight is 349 g/mol. The molecule has 6 nitrogen and oxygen atoms in total. The van der Waals surface area contributed by atoms with Gasteiger partial charge in [0, 0.05) is 18.0 Å². The molecule has 0 aromatic heterocycles. The number of fused-ring (bicyclic) bond motifs is 1. The molecule has 0 unspecified atom stereocenters. The third-order valence-corrected chi connectivity index (χ3v) is 4.71. The van der Waals surface area contributed by atoms with Crippen molar-refractivity contribution < 1.29 is 19.5 Å². The number of anilines is 1. The number of phenols is 1. The van der Waals surface area contributed by atoms with Crippen LogP contribution in [0, 0.1) is 11.8 Å². The Kier molecular flexibility index (Phi) is 4.57. The lowest BCUT2D eigenvalue weighted by molar-refractivity contribution is -0.140. The Hall–Kier alpha value is -2.34. The van der Waals surface area contributed by atoms with Crippen LogP contribution in [0.25, 0.3) is 0 Å². The van der Waals surface area contributed by atoms with Crippen molar-refractivity contribution in [3.05, 3.63) is 35.4 Å². The first kappa shape index (κ1) is 16.5. The second-order valence-corrected chi connectivity index (χ2v) is 6.43. The van der Waals surface area contributed by atoms with E-state index in [9.17, 15) is 19.5 Å². The predicted molar refractivity (Wildman–Crippen MR) is 88.2 cm³/mol. The van der Waals surface area contributed by atoms with Gasteiger partial charge in [0.1, 0.15) is 5.75 Å². The van der Waals surface area contributed by atoms with Crippen LogP contribution in [0.4, 0.5) is 5.69 Å². The van der Waals surface area contributed by atoms with E-state index in [1.807, 2.05) is 0 Å². The standard InChI is InChI=1S/C17H17ClN2O4/c18-10-5-6-11-12(9-10)17(24)20(16(11)23)8-7-15(22)19-13-3-1-2-4-14(13)21/h1-5,11-12,21H,6-9H2,(H,19,22)/t11-,12-/m0/s1. The highest BCUT2D eigenvalue weighted by molar-refractivity contribution is 6.30. The lowest BCUT2D eigenvalue weighted by Crippen LogP contribution is -2.34. The summed E-state index contributed by atoms with van der Waals surface area (Å²) in [6.45, 7) is 0.0295. The lowest BCUT2D eigenvalue weighted by Gasteiger charge is -2.17. The van der Waals surface area contributed by atoms with E-state index in [1.165, 1.54) is 6.07 Å². The number of likely N-dealkylation sites (tertiary alicyclic amines) is 1. The fourth-order valence-electron chi connectivity index (χ4n) is 3.12. The van der Waals surface area contributed by atoms with Crippen LogP contribution in [0.5, 0.6) is 5.75 Å². The van der Waals surface area contributed by atoms with Crippen molar-refractivity contribution in [1.29, 1.82) is 0 Å². The molecule has 1 aromatic rings. The van der Waals surface area contributed by atoms with Gasteiger partial charge in [-0.1, -0.05) is 29.8 Å². The second-order valence-electron chi connectivity index (χ2n) is 5.95. The number of nitrogens with zero attached hydrogens (tertiary/aromatic N) is 1. The first-order valence-corrected chi connectivity index (χ1v) is 8.12. The van der Waals surface area contributed by atoms with Crippen LogP contribution in [-0.4, -0.2) is 34.3 Å². The summed E-state index contributed by atoms with van der Waals surface area (Å²) in [5, 5.41) is 12.8. The van der Waals surface area contributed by atoms with E-state index in [0.717, 1.165) is 4.90 Å². The molecule has 3 rings (SSSR count). The Morgan fingerprint density at radius 2 is 1.96 bits per heavy atom. The fraction of sp³-hybridized carbons (Fsp3) is 0.353. The van der Waals surface area contributed by atoms with Crippen molar-refractivity contribution in [3.8, 4) is 5.75 Å². The number of aromatic hydroxyl groups is 1. The number of nitrogens with one attached hydrogen (secondary N) is 1. The summed E-state index contributed by atoms with van der Waals surface area (Å²) in [5.74, 6) is -1.67. The zero-order valence-electron chi connectivity index (χ0n) is 12.9. The molecule has 0 spiro atoms. The number of allylic oxidation sites excluding steroid dienone is 2. The Morgan fingerprint density at radius 3 is 2.71 bits per heavy atom. The molecule has 1 aliphatic heterocycles. The molecule has 126 valence electrons. The zero-order valence-corrected chi connectivity index (χ0v) is 13.6. The molecule has 1 fully saturated rings. The summed E-state index contributed by atoms with van der Waals surface area (Å²) < 4.78 is 0. The van der Waals surface area contributed by atoms with Gasteiger partial charge in [-0.25, -0.2) is 0 Å². The predicted octanol–water partition coefficient (Wildman–Crippen LogP) is 2.24. The molecule has 1 heterocycles. The normalized spacial score (nSPS) is 23.0. The largest absolute Gasteiger partial charge is 0.506 e. The Labute approximate surface area is 144 Å². The smallest absolute Gasteiger partial charge is 0.233 e. The number of hydrogen-bond acceptors (Lipinski definition) is 4. The zero-order chi connectivity index (χ0) is 17.3. The summed E-state index contributed by atoms with van der Waals surface area (Å²) in [6.07, 6.45) is 2.61. The maximum atomic E-state index is 12.4. The topological polar surface area (TPSA) is 86.7 Å². The van der Waals surface area contributed by atoms with Crippen LogP contribution in [0.15, 0.2) is 35.4 Å². The molecule has 2 aliphatic rings. The summed E-state index contributed by atoms with van der Waals surface area (Å²) >= 11 is 5.97. The summed E-state index contributed by atoms with van der Waals surface area (Å²) in [7, 11) is 0. The van der Waals surface area contributed by atoms with E-state index in [1.54, 1.807) is 24.3 Å². The number of para-hydroxylation sites is 2. The van der Waals surface area contributed by atoms with Crippen LogP contribution in [-0.2, 0) is 14.4 Å². The van der Waals surface area contributed by atoms with Gasteiger partial charge in [-0.15, -0.1) is 0 Å². The molecular weight excluding hydrogens is 332 g/mol. The number of benzene rings is 1. The van der Waals surface area contributed by atoms with Crippen LogP contribution in [0.1, 0.15) is 19.3 Å². The maximum Gasteiger partial charge on any atom is 0.233 e. The molecule has 1 aliphatic carbocycles. The van der Waals surface area contributed by atoms with Gasteiger partial charge < -0.3 is 10.4 Å². The Balaban J connectivity index is 1.59. The Bertz CT molecular complexity index is 731. The molecular formula is C17H17ClN2O4. The van der Waals surface area contributed by atoms with Crippen molar-refractivity contribution in [2.24, 2.45) is 11.8 Å². The SMILES string of the molecule is O=C(CCN1C(=O)[C@H]2CC=C(Cl)C[C@@H]2C1=O)Nc1ccccc1O. The molecule has 2 N–H and O–H groups in total. The highest BCUT2D eigenvalue weighted by atomic mass is 35.5. The highest BCUT2D eigenvalue weighted by Crippen LogP contribution is 2.38. The summed E-state index contributed by atoms with van der Waals surface area (Å²) in [6, 6.07) is 6.37. The van der Waals surface area contributed by atoms with E-state index < -0.39 is 5.92 Å². The molecule has 3 amide bonds. The number of amides is 3. The highest BCUT2D eigenvalue weighted by Gasteiger charge is 2.48. The number of phenolic OH excluding ortho intramolecular Hbond substituents is 1. The number of hydrogen-bond donors (Lipinski definition) is 2. The third kappa shape index (κ3) is 3.14. The second kappa shape index (κ2) is 6.65. The number of halogens is 1. The van der Waals surface area contributed by atoms with E-state index in [2.05, 4.69) is 5.32 Å². The van der Waals surface area contributed by atoms with Crippen LogP contribution < -0.4 is 5.32 Å². The van der Waals surface area contributed by atoms with E-state index in [4.69, 9.17) is 11.6 Å². The minimum Gasteiger partial charge on any atom is -0.506 e. The van der Waals surface area contributed by atoms with Gasteiger partial charge in [-0.3, -0.25) is 19.3 Å². The fourth-order valence-corrected chi connectivity index (χ4v) is 3.38. The molecule has 2 atom stereocenters. The molecule has 0 saturated carbocycles. The minimum absolute atomic E-state index is 0.0214. The van der Waals surface area contributed by atoms with Crippen molar-refractivity contribution in [2.75, 3.05) is 11.9 Å². The number of carbonyl (C=O) groups is 3. The first-order chi connectivity index (χ1) is 11.5. The van der Waals surface area contributed by atoms with Gasteiger partial charge in [0.2, 0.25) is 17.7 Å². The molecule has 0 radical (unpaired) electrons. The minimum atomic E-state index is -0.406. The summed E-state index contributed by atoms with van der Waals surface area (Å²) in [5.41, 5.74) is 0.297. The van der Waals surface area contributed by atoms with Gasteiger partial charge in [0.15, 0.2) is 0 Å². The van der Waals surface area contributed by atoms with Crippen molar-refractivity contribution >= 4 is 35.0 Å². The maximum absolute atomic E-state index is 12.4. The van der Waals surface area contributed by atoms with Gasteiger partial charge in [-0.05, 0) is 25.0 Å². The van der Waals surface area contributed by atoms with E-state index >= 15 is 0 Å². The van der Waals surface area contributed by atoms with E-state index in [0.29, 0.717) is 23.6 Å². The van der Waals surface area contributed by atoms with Crippen LogP contribution in [0.3, 0.4) is 0 Å². The van der Waals surface area contributed by atoms with Crippen LogP contribution in [0.2, 0.25) is 0 Å². The molecule has 7 heteroatoms. The van der Waals surface area contributed by atoms with Crippen molar-refractivity contribution in [2.45, 2.75) is 19.3 Å². The quantitative estimate of drug-likeness (QED) is 0.645. The number of carbonyl (C=O) groups excluding carboxylic acids is 3. The monoisotopic (exact) mass is 348 g/mol. The van der Waals surface area contributed by atoms with Gasteiger partial charge in [0.25, 0.3) is 0 Å². The third-order valence-electron chi connectivity index (χ3n) is 4.40. The number of rotatable bonds is 4. The van der Waals surface area contributed by atoms with Gasteiger partial charge in [-0.2, -0.15) is 0 Å². The molecule has 1 aromatic carbocycles. The molecule has 1 saturated heterocycles. The Morgan fingerprint density at radius 1 is 1.25 bits per heavy atom. The van der Waals surface area contributed by atoms with E-state index in [-0.39, 0.29) is 42.4 Å². The van der Waals surface area contributed by atoms with Crippen LogP contribution >= 0.6 is 11.6 Å². The molecule has 24 heavy (non-hydrogen) atoms. The van der Waals surface area contributed by atoms with Gasteiger partial charge >= 0.3 is 0 Å². The number of imide groups is 1. The first-order valence-electron chi connectivity index (χ1n) is 7.75. The average Bonchev–Trinajstić information content (AvgIpc) is 2.78. The van der Waals surface area contributed by atoms with Crippen molar-refractivity contribution in [1.82, 2.24) is 4.90 Å². The van der Waals surface area contributed by atoms with Gasteiger partial charge in [0.05, 0.1) is 17.5 Å². The van der Waals surface area contributed by atoms with Crippen molar-refractivity contribution in [3.63, 3.8) is 0 Å². The molecule has 0 bridgehead atoms. The summed E-state index contributed by atoms with van der Waals surface area (Å²) in [4.78, 5) is 37.9. The lowest BCUT2D eigenvalue weighted by atomic mass is 9.85.